The van der Waals surface area contributed by atoms with E-state index in [1.807, 2.05) is 6.07 Å². The number of carboxylic acids is 2. The second-order valence-electron chi connectivity index (χ2n) is 4.57. The summed E-state index contributed by atoms with van der Waals surface area (Å²) < 4.78 is 0. The molecule has 0 saturated heterocycles. The summed E-state index contributed by atoms with van der Waals surface area (Å²) in [6, 6.07) is 7.60. The van der Waals surface area contributed by atoms with Crippen LogP contribution in [-0.4, -0.2) is 39.9 Å². The van der Waals surface area contributed by atoms with E-state index in [-0.39, 0.29) is 24.6 Å². The standard InChI is InChI=1S/C13H15N3O4/c14-10(12(17)18)6-9-7-11(13(19)20)15-16(9)8-4-2-1-3-5-8/h1-5,9-10H,6-7,14H2,(H,17,18)(H,19,20)/t9-,10?/m0/s1. The molecule has 1 unspecified atom stereocenters. The summed E-state index contributed by atoms with van der Waals surface area (Å²) in [5, 5.41) is 23.5. The van der Waals surface area contributed by atoms with E-state index in [0.717, 1.165) is 0 Å². The molecule has 4 N–H and O–H groups in total. The Balaban J connectivity index is 2.23. The molecule has 7 nitrogen and oxygen atoms in total. The van der Waals surface area contributed by atoms with Gasteiger partial charge in [0.15, 0.2) is 0 Å². The van der Waals surface area contributed by atoms with Crippen molar-refractivity contribution in [3.8, 4) is 0 Å². The lowest BCUT2D eigenvalue weighted by molar-refractivity contribution is -0.138. The summed E-state index contributed by atoms with van der Waals surface area (Å²) in [5.41, 5.74) is 6.26. The molecule has 1 aromatic carbocycles. The number of carbonyl (C=O) groups is 2. The third-order valence-corrected chi connectivity index (χ3v) is 3.11. The zero-order valence-electron chi connectivity index (χ0n) is 10.6. The first-order valence-electron chi connectivity index (χ1n) is 6.12. The molecule has 0 spiro atoms. The highest BCUT2D eigenvalue weighted by Crippen LogP contribution is 2.26. The Morgan fingerprint density at radius 1 is 1.35 bits per heavy atom. The third-order valence-electron chi connectivity index (χ3n) is 3.11. The Morgan fingerprint density at radius 3 is 2.55 bits per heavy atom. The Labute approximate surface area is 115 Å². The van der Waals surface area contributed by atoms with Gasteiger partial charge in [-0.15, -0.1) is 0 Å². The van der Waals surface area contributed by atoms with Gasteiger partial charge in [-0.25, -0.2) is 4.79 Å². The quantitative estimate of drug-likeness (QED) is 0.722. The fourth-order valence-corrected chi connectivity index (χ4v) is 2.12. The van der Waals surface area contributed by atoms with E-state index < -0.39 is 18.0 Å². The van der Waals surface area contributed by atoms with Crippen LogP contribution in [0.3, 0.4) is 0 Å². The second-order valence-corrected chi connectivity index (χ2v) is 4.57. The Hall–Kier alpha value is -2.41. The van der Waals surface area contributed by atoms with Crippen molar-refractivity contribution >= 4 is 23.3 Å². The van der Waals surface area contributed by atoms with Crippen molar-refractivity contribution < 1.29 is 19.8 Å². The van der Waals surface area contributed by atoms with Gasteiger partial charge in [0.05, 0.1) is 11.7 Å². The van der Waals surface area contributed by atoms with Crippen molar-refractivity contribution in [3.63, 3.8) is 0 Å². The average molecular weight is 277 g/mol. The maximum atomic E-state index is 11.0. The minimum absolute atomic E-state index is 0.0106. The van der Waals surface area contributed by atoms with Crippen LogP contribution in [0.5, 0.6) is 0 Å². The summed E-state index contributed by atoms with van der Waals surface area (Å²) in [6.07, 6.45) is 0.301. The van der Waals surface area contributed by atoms with Crippen LogP contribution in [0.4, 0.5) is 5.69 Å². The van der Waals surface area contributed by atoms with Gasteiger partial charge in [-0.3, -0.25) is 9.80 Å². The van der Waals surface area contributed by atoms with Gasteiger partial charge in [-0.05, 0) is 18.6 Å². The van der Waals surface area contributed by atoms with Gasteiger partial charge < -0.3 is 15.9 Å². The first-order valence-corrected chi connectivity index (χ1v) is 6.12. The highest BCUT2D eigenvalue weighted by molar-refractivity contribution is 6.36. The lowest BCUT2D eigenvalue weighted by atomic mass is 10.0. The summed E-state index contributed by atoms with van der Waals surface area (Å²) in [7, 11) is 0. The average Bonchev–Trinajstić information content (AvgIpc) is 2.83. The van der Waals surface area contributed by atoms with Crippen molar-refractivity contribution in [2.45, 2.75) is 24.9 Å². The van der Waals surface area contributed by atoms with E-state index in [2.05, 4.69) is 5.10 Å². The SMILES string of the molecule is NC(C[C@H]1CC(C(=O)O)=NN1c1ccccc1)C(=O)O. The number of nitrogens with zero attached hydrogens (tertiary/aromatic N) is 2. The molecule has 20 heavy (non-hydrogen) atoms. The topological polar surface area (TPSA) is 116 Å². The van der Waals surface area contributed by atoms with E-state index in [0.29, 0.717) is 5.69 Å². The largest absolute Gasteiger partial charge is 0.480 e. The van der Waals surface area contributed by atoms with Crippen molar-refractivity contribution in [1.82, 2.24) is 0 Å². The lowest BCUT2D eigenvalue weighted by Gasteiger charge is -2.24. The third kappa shape index (κ3) is 2.94. The van der Waals surface area contributed by atoms with Crippen LogP contribution >= 0.6 is 0 Å². The van der Waals surface area contributed by atoms with Crippen molar-refractivity contribution in [2.24, 2.45) is 10.8 Å². The van der Waals surface area contributed by atoms with E-state index >= 15 is 0 Å². The molecule has 0 aromatic heterocycles. The number of anilines is 1. The summed E-state index contributed by atoms with van der Waals surface area (Å²) >= 11 is 0. The maximum absolute atomic E-state index is 11.0. The molecular formula is C13H15N3O4. The molecular weight excluding hydrogens is 262 g/mol. The Morgan fingerprint density at radius 2 is 2.00 bits per heavy atom. The smallest absolute Gasteiger partial charge is 0.352 e. The summed E-state index contributed by atoms with van der Waals surface area (Å²) in [4.78, 5) is 21.9. The molecule has 2 atom stereocenters. The molecule has 0 saturated carbocycles. The van der Waals surface area contributed by atoms with Crippen molar-refractivity contribution in [2.75, 3.05) is 5.01 Å². The number of hydrogen-bond donors (Lipinski definition) is 3. The highest BCUT2D eigenvalue weighted by atomic mass is 16.4. The van der Waals surface area contributed by atoms with Crippen LogP contribution in [0.2, 0.25) is 0 Å². The van der Waals surface area contributed by atoms with Crippen LogP contribution in [0.1, 0.15) is 12.8 Å². The normalized spacial score (nSPS) is 19.6. The molecule has 0 bridgehead atoms. The maximum Gasteiger partial charge on any atom is 0.352 e. The van der Waals surface area contributed by atoms with E-state index in [1.54, 1.807) is 24.3 Å². The number of nitrogens with two attached hydrogens (primary N) is 1. The number of aliphatic carboxylic acids is 2. The number of para-hydroxylation sites is 1. The Kier molecular flexibility index (Phi) is 3.99. The predicted molar refractivity (Wildman–Crippen MR) is 72.6 cm³/mol. The van der Waals surface area contributed by atoms with Gasteiger partial charge in [-0.1, -0.05) is 18.2 Å². The number of hydrogen-bond acceptors (Lipinski definition) is 5. The first-order chi connectivity index (χ1) is 9.49. The number of hydrazone groups is 1. The van der Waals surface area contributed by atoms with Crippen LogP contribution in [0, 0.1) is 0 Å². The minimum atomic E-state index is -1.11. The van der Waals surface area contributed by atoms with Crippen molar-refractivity contribution in [3.05, 3.63) is 30.3 Å². The minimum Gasteiger partial charge on any atom is -0.480 e. The molecule has 1 heterocycles. The van der Waals surface area contributed by atoms with E-state index in [4.69, 9.17) is 15.9 Å². The van der Waals surface area contributed by atoms with E-state index in [9.17, 15) is 9.59 Å². The van der Waals surface area contributed by atoms with Crippen molar-refractivity contribution in [1.29, 1.82) is 0 Å². The monoisotopic (exact) mass is 277 g/mol. The molecule has 0 amide bonds. The molecule has 0 fully saturated rings. The lowest BCUT2D eigenvalue weighted by Crippen LogP contribution is -2.38. The zero-order chi connectivity index (χ0) is 14.7. The van der Waals surface area contributed by atoms with Gasteiger partial charge in [0.2, 0.25) is 0 Å². The molecule has 1 aromatic rings. The van der Waals surface area contributed by atoms with Crippen LogP contribution < -0.4 is 10.7 Å². The van der Waals surface area contributed by atoms with Gasteiger partial charge >= 0.3 is 11.9 Å². The van der Waals surface area contributed by atoms with Gasteiger partial charge in [0.25, 0.3) is 0 Å². The molecule has 106 valence electrons. The molecule has 0 radical (unpaired) electrons. The second kappa shape index (κ2) is 5.70. The highest BCUT2D eigenvalue weighted by Gasteiger charge is 2.33. The van der Waals surface area contributed by atoms with Crippen LogP contribution in [0.15, 0.2) is 35.4 Å². The van der Waals surface area contributed by atoms with Crippen LogP contribution in [-0.2, 0) is 9.59 Å². The number of benzene rings is 1. The molecule has 0 aliphatic carbocycles. The Bertz CT molecular complexity index is 544. The summed E-state index contributed by atoms with van der Waals surface area (Å²) in [6.45, 7) is 0. The zero-order valence-corrected chi connectivity index (χ0v) is 10.6. The number of carboxylic acid groups (broad SMARTS) is 2. The molecule has 7 heteroatoms. The number of rotatable bonds is 5. The van der Waals surface area contributed by atoms with Crippen LogP contribution in [0.25, 0.3) is 0 Å². The van der Waals surface area contributed by atoms with Gasteiger partial charge in [0, 0.05) is 6.42 Å². The van der Waals surface area contributed by atoms with E-state index in [1.165, 1.54) is 5.01 Å². The fourth-order valence-electron chi connectivity index (χ4n) is 2.12. The molecule has 1 aliphatic rings. The first kappa shape index (κ1) is 14.0. The molecule has 1 aliphatic heterocycles. The van der Waals surface area contributed by atoms with Gasteiger partial charge in [0.1, 0.15) is 11.8 Å². The molecule has 2 rings (SSSR count). The predicted octanol–water partition coefficient (Wildman–Crippen LogP) is 0.508. The summed E-state index contributed by atoms with van der Waals surface area (Å²) in [5.74, 6) is -2.21. The van der Waals surface area contributed by atoms with Gasteiger partial charge in [-0.2, -0.15) is 5.10 Å². The fraction of sp³-hybridized carbons (Fsp3) is 0.308.